The van der Waals surface area contributed by atoms with Gasteiger partial charge in [0, 0.05) is 28.1 Å². The molecular weight excluding hydrogens is 419 g/mol. The number of rotatable bonds is 5. The van der Waals surface area contributed by atoms with Gasteiger partial charge in [0.2, 0.25) is 0 Å². The molecule has 3 aromatic rings. The second-order valence-electron chi connectivity index (χ2n) is 6.70. The number of hydrogen-bond donors (Lipinski definition) is 1. The van der Waals surface area contributed by atoms with Gasteiger partial charge in [-0.1, -0.05) is 66.2 Å². The lowest BCUT2D eigenvalue weighted by Crippen LogP contribution is -2.08. The van der Waals surface area contributed by atoms with Crippen molar-refractivity contribution >= 4 is 35.2 Å². The lowest BCUT2D eigenvalue weighted by molar-refractivity contribution is -0.132. The zero-order valence-corrected chi connectivity index (χ0v) is 18.1. The first-order valence-corrected chi connectivity index (χ1v) is 10.2. The van der Waals surface area contributed by atoms with Crippen LogP contribution in [-0.2, 0) is 17.8 Å². The van der Waals surface area contributed by atoms with Crippen LogP contribution in [0.3, 0.4) is 0 Å². The Kier molecular flexibility index (Phi) is 6.99. The maximum absolute atomic E-state index is 11.2. The fourth-order valence-corrected chi connectivity index (χ4v) is 3.42. The molecule has 0 unspecified atom stereocenters. The predicted octanol–water partition coefficient (Wildman–Crippen LogP) is 5.69. The van der Waals surface area contributed by atoms with Crippen molar-refractivity contribution in [2.75, 3.05) is 0 Å². The number of halogens is 2. The molecule has 0 bridgehead atoms. The molecule has 0 saturated heterocycles. The standard InChI is InChI=1S/C24H20Cl2N2O2/c1-3-22-27-23(26)21(13-16(2)24(29)30)28(22)15-19-12-11-18(14-20(19)25)10-9-17-7-5-4-6-8-17/h4-8,11-14H,3,15H2,1-2H3,(H,29,30)/b16-13+. The van der Waals surface area contributed by atoms with E-state index in [1.807, 2.05) is 60.0 Å². The normalized spacial score (nSPS) is 11.1. The molecule has 2 aromatic carbocycles. The predicted molar refractivity (Wildman–Crippen MR) is 121 cm³/mol. The molecule has 4 nitrogen and oxygen atoms in total. The van der Waals surface area contributed by atoms with Gasteiger partial charge < -0.3 is 9.67 Å². The summed E-state index contributed by atoms with van der Waals surface area (Å²) in [5.41, 5.74) is 3.35. The van der Waals surface area contributed by atoms with E-state index in [1.165, 1.54) is 13.0 Å². The minimum absolute atomic E-state index is 0.179. The molecule has 0 saturated carbocycles. The topological polar surface area (TPSA) is 55.1 Å². The summed E-state index contributed by atoms with van der Waals surface area (Å²) >= 11 is 12.8. The van der Waals surface area contributed by atoms with Crippen LogP contribution in [0.25, 0.3) is 6.08 Å². The number of carboxylic acid groups (broad SMARTS) is 1. The third-order valence-corrected chi connectivity index (χ3v) is 5.18. The van der Waals surface area contributed by atoms with E-state index in [4.69, 9.17) is 23.2 Å². The zero-order valence-electron chi connectivity index (χ0n) is 16.6. The van der Waals surface area contributed by atoms with Crippen molar-refractivity contribution in [3.05, 3.63) is 92.5 Å². The highest BCUT2D eigenvalue weighted by Crippen LogP contribution is 2.25. The van der Waals surface area contributed by atoms with Crippen LogP contribution >= 0.6 is 23.2 Å². The quantitative estimate of drug-likeness (QED) is 0.411. The summed E-state index contributed by atoms with van der Waals surface area (Å²) in [7, 11) is 0. The molecule has 0 aliphatic heterocycles. The van der Waals surface area contributed by atoms with Crippen molar-refractivity contribution in [2.45, 2.75) is 26.8 Å². The highest BCUT2D eigenvalue weighted by molar-refractivity contribution is 6.31. The fourth-order valence-electron chi connectivity index (χ4n) is 2.92. The minimum Gasteiger partial charge on any atom is -0.478 e. The van der Waals surface area contributed by atoms with Crippen LogP contribution in [0.2, 0.25) is 10.2 Å². The Morgan fingerprint density at radius 1 is 1.13 bits per heavy atom. The smallest absolute Gasteiger partial charge is 0.331 e. The average molecular weight is 439 g/mol. The Bertz CT molecular complexity index is 1170. The van der Waals surface area contributed by atoms with Gasteiger partial charge in [-0.25, -0.2) is 9.78 Å². The van der Waals surface area contributed by atoms with Crippen LogP contribution < -0.4 is 0 Å². The van der Waals surface area contributed by atoms with Crippen LogP contribution in [0.1, 0.15) is 42.1 Å². The van der Waals surface area contributed by atoms with Crippen molar-refractivity contribution in [3.8, 4) is 11.8 Å². The highest BCUT2D eigenvalue weighted by atomic mass is 35.5. The summed E-state index contributed by atoms with van der Waals surface area (Å²) in [4.78, 5) is 15.6. The molecule has 0 radical (unpaired) electrons. The Hall–Kier alpha value is -3.00. The zero-order chi connectivity index (χ0) is 21.7. The Balaban J connectivity index is 1.93. The first-order chi connectivity index (χ1) is 14.4. The van der Waals surface area contributed by atoms with E-state index in [0.29, 0.717) is 23.7 Å². The number of aromatic nitrogens is 2. The molecule has 0 spiro atoms. The summed E-state index contributed by atoms with van der Waals surface area (Å²) in [5.74, 6) is 5.99. The molecule has 0 fully saturated rings. The summed E-state index contributed by atoms with van der Waals surface area (Å²) in [6.07, 6.45) is 2.18. The van der Waals surface area contributed by atoms with Crippen LogP contribution in [-0.4, -0.2) is 20.6 Å². The summed E-state index contributed by atoms with van der Waals surface area (Å²) < 4.78 is 1.89. The highest BCUT2D eigenvalue weighted by Gasteiger charge is 2.16. The first kappa shape index (κ1) is 21.7. The van der Waals surface area contributed by atoms with Gasteiger partial charge in [0.25, 0.3) is 0 Å². The molecule has 1 aromatic heterocycles. The molecule has 0 aliphatic rings. The van der Waals surface area contributed by atoms with Crippen molar-refractivity contribution in [2.24, 2.45) is 0 Å². The van der Waals surface area contributed by atoms with Crippen molar-refractivity contribution in [1.82, 2.24) is 9.55 Å². The second kappa shape index (κ2) is 9.67. The van der Waals surface area contributed by atoms with E-state index in [9.17, 15) is 9.90 Å². The van der Waals surface area contributed by atoms with E-state index in [1.54, 1.807) is 0 Å². The number of benzene rings is 2. The largest absolute Gasteiger partial charge is 0.478 e. The van der Waals surface area contributed by atoms with Crippen LogP contribution in [0.5, 0.6) is 0 Å². The first-order valence-electron chi connectivity index (χ1n) is 9.41. The third kappa shape index (κ3) is 5.13. The number of carbonyl (C=O) groups is 1. The lowest BCUT2D eigenvalue weighted by atomic mass is 10.1. The Morgan fingerprint density at radius 2 is 1.83 bits per heavy atom. The molecule has 152 valence electrons. The lowest BCUT2D eigenvalue weighted by Gasteiger charge is -2.12. The molecule has 1 heterocycles. The van der Waals surface area contributed by atoms with E-state index < -0.39 is 5.97 Å². The molecule has 3 rings (SSSR count). The number of nitrogens with zero attached hydrogens (tertiary/aromatic N) is 2. The number of hydrogen-bond acceptors (Lipinski definition) is 2. The average Bonchev–Trinajstić information content (AvgIpc) is 3.03. The Labute approximate surface area is 185 Å². The monoisotopic (exact) mass is 438 g/mol. The van der Waals surface area contributed by atoms with E-state index in [2.05, 4.69) is 16.8 Å². The third-order valence-electron chi connectivity index (χ3n) is 4.55. The summed E-state index contributed by atoms with van der Waals surface area (Å²) in [5, 5.41) is 10.1. The molecule has 0 atom stereocenters. The second-order valence-corrected chi connectivity index (χ2v) is 7.46. The van der Waals surface area contributed by atoms with Crippen molar-refractivity contribution < 1.29 is 9.90 Å². The molecular formula is C24H20Cl2N2O2. The van der Waals surface area contributed by atoms with E-state index >= 15 is 0 Å². The number of aliphatic carboxylic acids is 1. The molecule has 0 aliphatic carbocycles. The molecule has 6 heteroatoms. The molecule has 30 heavy (non-hydrogen) atoms. The van der Waals surface area contributed by atoms with Gasteiger partial charge in [-0.3, -0.25) is 0 Å². The van der Waals surface area contributed by atoms with Gasteiger partial charge in [0.15, 0.2) is 5.15 Å². The van der Waals surface area contributed by atoms with Gasteiger partial charge in [-0.2, -0.15) is 0 Å². The van der Waals surface area contributed by atoms with Crippen molar-refractivity contribution in [3.63, 3.8) is 0 Å². The van der Waals surface area contributed by atoms with E-state index in [-0.39, 0.29) is 10.7 Å². The van der Waals surface area contributed by atoms with Gasteiger partial charge in [0.05, 0.1) is 12.2 Å². The SMILES string of the molecule is CCc1nc(Cl)c(/C=C(\C)C(=O)O)n1Cc1ccc(C#Cc2ccccc2)cc1Cl. The summed E-state index contributed by atoms with van der Waals surface area (Å²) in [6, 6.07) is 15.4. The number of imidazole rings is 1. The number of aryl methyl sites for hydroxylation is 1. The van der Waals surface area contributed by atoms with E-state index in [0.717, 1.165) is 22.5 Å². The maximum atomic E-state index is 11.2. The van der Waals surface area contributed by atoms with Crippen LogP contribution in [0.4, 0.5) is 0 Å². The maximum Gasteiger partial charge on any atom is 0.331 e. The molecule has 1 N–H and O–H groups in total. The van der Waals surface area contributed by atoms with Gasteiger partial charge in [0.1, 0.15) is 5.82 Å². The van der Waals surface area contributed by atoms with Gasteiger partial charge >= 0.3 is 5.97 Å². The molecule has 0 amide bonds. The fraction of sp³-hybridized carbons (Fsp3) is 0.167. The van der Waals surface area contributed by atoms with Gasteiger partial charge in [-0.15, -0.1) is 0 Å². The van der Waals surface area contributed by atoms with Crippen molar-refractivity contribution in [1.29, 1.82) is 0 Å². The van der Waals surface area contributed by atoms with Crippen LogP contribution in [0.15, 0.2) is 54.1 Å². The summed E-state index contributed by atoms with van der Waals surface area (Å²) in [6.45, 7) is 3.91. The Morgan fingerprint density at radius 3 is 2.47 bits per heavy atom. The number of carboxylic acids is 1. The van der Waals surface area contributed by atoms with Gasteiger partial charge in [-0.05, 0) is 42.8 Å². The van der Waals surface area contributed by atoms with Crippen LogP contribution in [0, 0.1) is 11.8 Å². The minimum atomic E-state index is -1.00.